The molecule has 2 aliphatic rings. The van der Waals surface area contributed by atoms with Crippen LogP contribution in [0.3, 0.4) is 0 Å². The van der Waals surface area contributed by atoms with Crippen LogP contribution in [0.5, 0.6) is 0 Å². The number of benzene rings is 7. The van der Waals surface area contributed by atoms with Crippen molar-refractivity contribution in [3.8, 4) is 0 Å². The van der Waals surface area contributed by atoms with E-state index in [1.54, 1.807) is 6.08 Å². The van der Waals surface area contributed by atoms with Crippen LogP contribution < -0.4 is 10.2 Å². The van der Waals surface area contributed by atoms with Gasteiger partial charge < -0.3 is 14.6 Å². The van der Waals surface area contributed by atoms with Crippen molar-refractivity contribution in [2.45, 2.75) is 59.3 Å². The highest BCUT2D eigenvalue weighted by molar-refractivity contribution is 6.23. The molecular formula is C61H58N2O. The molecule has 1 heterocycles. The molecule has 3 nitrogen and oxygen atoms in total. The fourth-order valence-corrected chi connectivity index (χ4v) is 8.64. The number of nitrogens with one attached hydrogen (secondary N) is 1. The molecule has 10 rings (SSSR count). The largest absolute Gasteiger partial charge is 0.456 e. The van der Waals surface area contributed by atoms with Crippen molar-refractivity contribution in [3.63, 3.8) is 0 Å². The zero-order valence-corrected chi connectivity index (χ0v) is 37.8. The van der Waals surface area contributed by atoms with Crippen LogP contribution in [0.4, 0.5) is 22.7 Å². The van der Waals surface area contributed by atoms with Gasteiger partial charge in [-0.1, -0.05) is 189 Å². The van der Waals surface area contributed by atoms with Crippen LogP contribution in [0.15, 0.2) is 223 Å². The first kappa shape index (κ1) is 43.3. The summed E-state index contributed by atoms with van der Waals surface area (Å²) in [5.41, 5.74) is 15.1. The lowest BCUT2D eigenvalue weighted by Crippen LogP contribution is -2.21. The molecular weight excluding hydrogens is 777 g/mol. The minimum atomic E-state index is -0.0205. The Balaban J connectivity index is 0.000000345. The van der Waals surface area contributed by atoms with Gasteiger partial charge in [0.05, 0.1) is 11.4 Å². The van der Waals surface area contributed by atoms with Crippen LogP contribution >= 0.6 is 0 Å². The van der Waals surface area contributed by atoms with E-state index in [0.717, 1.165) is 58.9 Å². The minimum absolute atomic E-state index is 0.0205. The van der Waals surface area contributed by atoms with Gasteiger partial charge in [-0.05, 0) is 99.4 Å². The van der Waals surface area contributed by atoms with E-state index < -0.39 is 0 Å². The van der Waals surface area contributed by atoms with Crippen LogP contribution in [0.25, 0.3) is 38.8 Å². The van der Waals surface area contributed by atoms with Crippen LogP contribution in [0, 0.1) is 13.8 Å². The van der Waals surface area contributed by atoms with Gasteiger partial charge in [0.25, 0.3) is 0 Å². The lowest BCUT2D eigenvalue weighted by Gasteiger charge is -2.29. The van der Waals surface area contributed by atoms with Gasteiger partial charge in [0.15, 0.2) is 0 Å². The van der Waals surface area contributed by atoms with Crippen LogP contribution in [0.1, 0.15) is 61.4 Å². The topological polar surface area (TPSA) is 28.4 Å². The molecule has 1 aromatic heterocycles. The second-order valence-electron chi connectivity index (χ2n) is 16.9. The van der Waals surface area contributed by atoms with E-state index in [0.29, 0.717) is 0 Å². The average Bonchev–Trinajstić information content (AvgIpc) is 3.72. The van der Waals surface area contributed by atoms with Crippen LogP contribution in [0.2, 0.25) is 0 Å². The number of hydrogen-bond donors (Lipinski definition) is 1. The van der Waals surface area contributed by atoms with E-state index in [4.69, 9.17) is 4.42 Å². The summed E-state index contributed by atoms with van der Waals surface area (Å²) in [5.74, 6) is 0. The minimum Gasteiger partial charge on any atom is -0.456 e. The Morgan fingerprint density at radius 2 is 1.41 bits per heavy atom. The van der Waals surface area contributed by atoms with Gasteiger partial charge in [0.1, 0.15) is 11.2 Å². The predicted molar refractivity (Wildman–Crippen MR) is 277 cm³/mol. The average molecular weight is 835 g/mol. The van der Waals surface area contributed by atoms with Crippen molar-refractivity contribution in [2.75, 3.05) is 10.2 Å². The third kappa shape index (κ3) is 9.50. The van der Waals surface area contributed by atoms with Gasteiger partial charge in [-0.2, -0.15) is 0 Å². The van der Waals surface area contributed by atoms with Gasteiger partial charge in [0.2, 0.25) is 0 Å². The second-order valence-corrected chi connectivity index (χ2v) is 16.9. The molecule has 318 valence electrons. The molecule has 1 unspecified atom stereocenters. The molecule has 8 aromatic rings. The van der Waals surface area contributed by atoms with E-state index in [9.17, 15) is 0 Å². The van der Waals surface area contributed by atoms with E-state index in [1.165, 1.54) is 54.9 Å². The normalized spacial score (nSPS) is 15.5. The molecule has 7 aromatic carbocycles. The summed E-state index contributed by atoms with van der Waals surface area (Å²) in [4.78, 5) is 2.39. The summed E-state index contributed by atoms with van der Waals surface area (Å²) < 4.78 is 6.92. The fourth-order valence-electron chi connectivity index (χ4n) is 8.64. The fraction of sp³-hybridized carbons (Fsp3) is 0.148. The van der Waals surface area contributed by atoms with E-state index in [2.05, 4.69) is 196 Å². The summed E-state index contributed by atoms with van der Waals surface area (Å²) in [7, 11) is 0. The van der Waals surface area contributed by atoms with Crippen molar-refractivity contribution in [3.05, 3.63) is 246 Å². The molecule has 0 aliphatic heterocycles. The van der Waals surface area contributed by atoms with Gasteiger partial charge in [0, 0.05) is 56.3 Å². The van der Waals surface area contributed by atoms with E-state index in [-0.39, 0.29) is 5.41 Å². The van der Waals surface area contributed by atoms with Gasteiger partial charge in [-0.15, -0.1) is 0 Å². The number of fused-ring (bicyclic) bond motifs is 7. The van der Waals surface area contributed by atoms with Crippen molar-refractivity contribution < 1.29 is 4.42 Å². The summed E-state index contributed by atoms with van der Waals surface area (Å²) >= 11 is 0. The number of anilines is 4. The Morgan fingerprint density at radius 3 is 2.08 bits per heavy atom. The smallest absolute Gasteiger partial charge is 0.138 e. The lowest BCUT2D eigenvalue weighted by molar-refractivity contribution is 0.597. The molecule has 0 bridgehead atoms. The van der Waals surface area contributed by atoms with Crippen molar-refractivity contribution in [2.24, 2.45) is 0 Å². The molecule has 1 N–H and O–H groups in total. The first-order valence-electron chi connectivity index (χ1n) is 22.4. The molecule has 3 heteroatoms. The maximum atomic E-state index is 6.92. The Kier molecular flexibility index (Phi) is 13.4. The number of allylic oxidation sites excluding steroid dienone is 9. The molecule has 2 aliphatic carbocycles. The highest BCUT2D eigenvalue weighted by Crippen LogP contribution is 2.48. The highest BCUT2D eigenvalue weighted by Gasteiger charge is 2.27. The number of aryl methyl sites for hydroxylation is 3. The molecule has 0 spiro atoms. The summed E-state index contributed by atoms with van der Waals surface area (Å²) in [6.07, 6.45) is 22.2. The molecule has 1 atom stereocenters. The summed E-state index contributed by atoms with van der Waals surface area (Å²) in [6, 6.07) is 53.6. The van der Waals surface area contributed by atoms with Gasteiger partial charge >= 0.3 is 0 Å². The summed E-state index contributed by atoms with van der Waals surface area (Å²) in [5, 5.41) is 8.62. The highest BCUT2D eigenvalue weighted by atomic mass is 16.3. The Labute approximate surface area is 379 Å². The van der Waals surface area contributed by atoms with Gasteiger partial charge in [-0.25, -0.2) is 0 Å². The standard InChI is InChI=1S/C47H40N2O.C8H12.C6H6/c1-31-20-22-35(23-21-31)49(36-15-11-12-32(2)28-36)42-30-44-46(40-19-10-8-17-38(40)42)45-39-18-9-7-16-37(39)41(29-43(45)50-44)48-34-24-26-47(3,27-25-34)33-13-5-4-6-14-33;1-4-6-7-8(3)5-2;1-2-4-6-5-3-1/h4-9,11-18,20-26,28-30,48H,10,19,27H2,1-3H3;4-7H,1H2,2-3H3;1-6H/b;7-6-,8-5-;. The van der Waals surface area contributed by atoms with E-state index >= 15 is 0 Å². The number of rotatable bonds is 8. The van der Waals surface area contributed by atoms with Crippen LogP contribution in [-0.2, 0) is 11.8 Å². The first-order chi connectivity index (χ1) is 31.3. The third-order valence-corrected chi connectivity index (χ3v) is 12.2. The molecule has 0 radical (unpaired) electrons. The number of hydrogen-bond acceptors (Lipinski definition) is 3. The maximum Gasteiger partial charge on any atom is 0.138 e. The lowest BCUT2D eigenvalue weighted by atomic mass is 9.77. The molecule has 0 fully saturated rings. The number of nitrogens with zero attached hydrogens (tertiary/aromatic N) is 1. The quantitative estimate of drug-likeness (QED) is 0.155. The molecule has 64 heavy (non-hydrogen) atoms. The van der Waals surface area contributed by atoms with Crippen molar-refractivity contribution in [1.82, 2.24) is 0 Å². The molecule has 0 saturated carbocycles. The van der Waals surface area contributed by atoms with Gasteiger partial charge in [-0.3, -0.25) is 0 Å². The second kappa shape index (κ2) is 19.8. The predicted octanol–water partition coefficient (Wildman–Crippen LogP) is 17.4. The zero-order chi connectivity index (χ0) is 44.5. The molecule has 0 saturated heterocycles. The Bertz CT molecular complexity index is 3030. The summed E-state index contributed by atoms with van der Waals surface area (Å²) in [6.45, 7) is 14.2. The van der Waals surface area contributed by atoms with Crippen molar-refractivity contribution in [1.29, 1.82) is 0 Å². The third-order valence-electron chi connectivity index (χ3n) is 12.2. The molecule has 0 amide bonds. The Hall–Kier alpha value is -7.36. The first-order valence-corrected chi connectivity index (χ1v) is 22.4. The Morgan fingerprint density at radius 1 is 0.719 bits per heavy atom. The zero-order valence-electron chi connectivity index (χ0n) is 37.8. The maximum absolute atomic E-state index is 6.92. The number of furan rings is 1. The van der Waals surface area contributed by atoms with Crippen LogP contribution in [-0.4, -0.2) is 0 Å². The van der Waals surface area contributed by atoms with E-state index in [1.807, 2.05) is 55.5 Å². The SMILES string of the molecule is C=C/C=C\C(C)=C/C.Cc1ccc(N(c2cccc(C)c2)c2cc3oc4cc(NC5=CCC(C)(c6ccccc6)C=C5)c5ccccc5c4c3c3c2C=CCC3)cc1.c1ccccc1. The van der Waals surface area contributed by atoms with Crippen molar-refractivity contribution >= 4 is 61.5 Å². The monoisotopic (exact) mass is 834 g/mol.